The lowest BCUT2D eigenvalue weighted by molar-refractivity contribution is -0.208. The Balaban J connectivity index is 1.80. The second-order valence-corrected chi connectivity index (χ2v) is 9.09. The molecular weight excluding hydrogens is 392 g/mol. The van der Waals surface area contributed by atoms with Gasteiger partial charge in [0, 0.05) is 6.61 Å². The van der Waals surface area contributed by atoms with Gasteiger partial charge in [-0.3, -0.25) is 0 Å². The van der Waals surface area contributed by atoms with Gasteiger partial charge in [0.1, 0.15) is 24.4 Å². The van der Waals surface area contributed by atoms with Crippen LogP contribution < -0.4 is 0 Å². The SMILES string of the molecule is CCCCCCCC/C=C/CCCCCCCCCCO[C@H]1CO[C@H](CO)[C@@H](O)[C@@H]1O. The summed E-state index contributed by atoms with van der Waals surface area (Å²) in [5.74, 6) is 0. The molecule has 0 aromatic carbocycles. The van der Waals surface area contributed by atoms with Gasteiger partial charge in [-0.15, -0.1) is 0 Å². The van der Waals surface area contributed by atoms with Crippen LogP contribution in [-0.2, 0) is 9.47 Å². The molecule has 0 aromatic heterocycles. The lowest BCUT2D eigenvalue weighted by Gasteiger charge is -2.36. The summed E-state index contributed by atoms with van der Waals surface area (Å²) in [5.41, 5.74) is 0. The molecule has 4 atom stereocenters. The lowest BCUT2D eigenvalue weighted by atomic mass is 10.0. The lowest BCUT2D eigenvalue weighted by Crippen LogP contribution is -2.55. The molecular formula is C26H50O5. The van der Waals surface area contributed by atoms with Crippen molar-refractivity contribution in [2.45, 2.75) is 134 Å². The van der Waals surface area contributed by atoms with Gasteiger partial charge in [-0.2, -0.15) is 0 Å². The zero-order valence-corrected chi connectivity index (χ0v) is 20.1. The van der Waals surface area contributed by atoms with Gasteiger partial charge >= 0.3 is 0 Å². The topological polar surface area (TPSA) is 79.2 Å². The summed E-state index contributed by atoms with van der Waals surface area (Å²) in [6.45, 7) is 2.77. The van der Waals surface area contributed by atoms with Crippen LogP contribution in [0.2, 0.25) is 0 Å². The molecule has 5 heteroatoms. The Morgan fingerprint density at radius 2 is 1.26 bits per heavy atom. The van der Waals surface area contributed by atoms with Gasteiger partial charge in [0.2, 0.25) is 0 Å². The fourth-order valence-electron chi connectivity index (χ4n) is 4.10. The fraction of sp³-hybridized carbons (Fsp3) is 0.923. The third-order valence-electron chi connectivity index (χ3n) is 6.25. The van der Waals surface area contributed by atoms with Crippen LogP contribution in [0.25, 0.3) is 0 Å². The van der Waals surface area contributed by atoms with E-state index in [-0.39, 0.29) is 13.2 Å². The zero-order chi connectivity index (χ0) is 22.6. The average molecular weight is 443 g/mol. The molecule has 0 spiro atoms. The highest BCUT2D eigenvalue weighted by molar-refractivity contribution is 4.87. The molecule has 1 aliphatic rings. The van der Waals surface area contributed by atoms with Gasteiger partial charge in [0.15, 0.2) is 0 Å². The van der Waals surface area contributed by atoms with Crippen molar-refractivity contribution in [3.8, 4) is 0 Å². The second-order valence-electron chi connectivity index (χ2n) is 9.09. The molecule has 5 nitrogen and oxygen atoms in total. The summed E-state index contributed by atoms with van der Waals surface area (Å²) < 4.78 is 11.0. The molecule has 0 radical (unpaired) electrons. The van der Waals surface area contributed by atoms with Crippen molar-refractivity contribution in [2.75, 3.05) is 19.8 Å². The number of aliphatic hydroxyl groups is 3. The first-order valence-corrected chi connectivity index (χ1v) is 13.1. The molecule has 0 unspecified atom stereocenters. The van der Waals surface area contributed by atoms with Gasteiger partial charge in [-0.1, -0.05) is 89.7 Å². The first kappa shape index (κ1) is 28.6. The van der Waals surface area contributed by atoms with Crippen LogP contribution in [-0.4, -0.2) is 59.6 Å². The van der Waals surface area contributed by atoms with E-state index >= 15 is 0 Å². The number of unbranched alkanes of at least 4 members (excludes halogenated alkanes) is 14. The predicted octanol–water partition coefficient (Wildman–Crippen LogP) is 5.30. The molecule has 0 aromatic rings. The Morgan fingerprint density at radius 3 is 1.81 bits per heavy atom. The summed E-state index contributed by atoms with van der Waals surface area (Å²) in [7, 11) is 0. The van der Waals surface area contributed by atoms with Crippen LogP contribution in [0.15, 0.2) is 12.2 Å². The molecule has 31 heavy (non-hydrogen) atoms. The molecule has 1 aliphatic heterocycles. The highest BCUT2D eigenvalue weighted by Gasteiger charge is 2.38. The van der Waals surface area contributed by atoms with E-state index < -0.39 is 24.4 Å². The number of rotatable bonds is 20. The highest BCUT2D eigenvalue weighted by Crippen LogP contribution is 2.18. The summed E-state index contributed by atoms with van der Waals surface area (Å²) in [6.07, 6.45) is 22.1. The van der Waals surface area contributed by atoms with Gasteiger partial charge in [0.25, 0.3) is 0 Å². The van der Waals surface area contributed by atoms with Gasteiger partial charge < -0.3 is 24.8 Å². The van der Waals surface area contributed by atoms with Gasteiger partial charge in [-0.05, 0) is 32.1 Å². The van der Waals surface area contributed by atoms with E-state index in [4.69, 9.17) is 14.6 Å². The largest absolute Gasteiger partial charge is 0.394 e. The van der Waals surface area contributed by atoms with E-state index in [0.717, 1.165) is 12.8 Å². The second kappa shape index (κ2) is 20.2. The standard InChI is InChI=1S/C26H50O5/c1-2-3-4-5-6-7-8-9-10-11-12-13-14-15-16-17-18-19-20-30-24-22-31-23(21-27)25(28)26(24)29/h9-10,23-29H,2-8,11-22H2,1H3/b10-9+/t23-,24+,25-,26-/m1/s1. The van der Waals surface area contributed by atoms with E-state index in [1.807, 2.05) is 0 Å². The van der Waals surface area contributed by atoms with Crippen molar-refractivity contribution in [1.82, 2.24) is 0 Å². The molecule has 1 rings (SSSR count). The Morgan fingerprint density at radius 1 is 0.742 bits per heavy atom. The molecule has 0 bridgehead atoms. The van der Waals surface area contributed by atoms with E-state index in [1.165, 1.54) is 89.9 Å². The Kier molecular flexibility index (Phi) is 18.6. The molecule has 1 heterocycles. The molecule has 1 saturated heterocycles. The normalized spacial score (nSPS) is 24.3. The number of allylic oxidation sites excluding steroid dienone is 2. The van der Waals surface area contributed by atoms with Crippen molar-refractivity contribution in [3.05, 3.63) is 12.2 Å². The first-order chi connectivity index (χ1) is 15.2. The number of ether oxygens (including phenoxy) is 2. The van der Waals surface area contributed by atoms with Crippen LogP contribution in [0.5, 0.6) is 0 Å². The van der Waals surface area contributed by atoms with Crippen molar-refractivity contribution in [3.63, 3.8) is 0 Å². The van der Waals surface area contributed by atoms with Crippen molar-refractivity contribution in [2.24, 2.45) is 0 Å². The number of hydrogen-bond acceptors (Lipinski definition) is 5. The van der Waals surface area contributed by atoms with Crippen LogP contribution in [0.4, 0.5) is 0 Å². The van der Waals surface area contributed by atoms with Crippen LogP contribution in [0.3, 0.4) is 0 Å². The quantitative estimate of drug-likeness (QED) is 0.176. The molecule has 0 amide bonds. The first-order valence-electron chi connectivity index (χ1n) is 13.1. The highest BCUT2D eigenvalue weighted by atomic mass is 16.6. The average Bonchev–Trinajstić information content (AvgIpc) is 2.78. The van der Waals surface area contributed by atoms with Crippen LogP contribution in [0, 0.1) is 0 Å². The predicted molar refractivity (Wildman–Crippen MR) is 127 cm³/mol. The maximum atomic E-state index is 10.0. The molecule has 0 saturated carbocycles. The third-order valence-corrected chi connectivity index (χ3v) is 6.25. The summed E-state index contributed by atoms with van der Waals surface area (Å²) in [6, 6.07) is 0. The van der Waals surface area contributed by atoms with Crippen molar-refractivity contribution >= 4 is 0 Å². The Bertz CT molecular complexity index is 415. The minimum absolute atomic E-state index is 0.220. The maximum Gasteiger partial charge on any atom is 0.111 e. The summed E-state index contributed by atoms with van der Waals surface area (Å²) in [4.78, 5) is 0. The third kappa shape index (κ3) is 14.3. The molecule has 3 N–H and O–H groups in total. The van der Waals surface area contributed by atoms with Crippen LogP contribution >= 0.6 is 0 Å². The number of aliphatic hydroxyl groups excluding tert-OH is 3. The minimum atomic E-state index is -1.08. The van der Waals surface area contributed by atoms with E-state index in [1.54, 1.807) is 0 Å². The fourth-order valence-corrected chi connectivity index (χ4v) is 4.10. The van der Waals surface area contributed by atoms with Gasteiger partial charge in [-0.25, -0.2) is 0 Å². The van der Waals surface area contributed by atoms with Gasteiger partial charge in [0.05, 0.1) is 13.2 Å². The van der Waals surface area contributed by atoms with E-state index in [0.29, 0.717) is 6.61 Å². The van der Waals surface area contributed by atoms with Crippen molar-refractivity contribution in [1.29, 1.82) is 0 Å². The Labute approximate surface area is 191 Å². The van der Waals surface area contributed by atoms with Crippen LogP contribution in [0.1, 0.15) is 110 Å². The monoisotopic (exact) mass is 442 g/mol. The smallest absolute Gasteiger partial charge is 0.111 e. The maximum absolute atomic E-state index is 10.0. The van der Waals surface area contributed by atoms with E-state index in [9.17, 15) is 10.2 Å². The minimum Gasteiger partial charge on any atom is -0.394 e. The molecule has 184 valence electrons. The molecule has 0 aliphatic carbocycles. The summed E-state index contributed by atoms with van der Waals surface area (Å²) in [5, 5.41) is 28.9. The molecule has 1 fully saturated rings. The zero-order valence-electron chi connectivity index (χ0n) is 20.1. The van der Waals surface area contributed by atoms with E-state index in [2.05, 4.69) is 19.1 Å². The summed E-state index contributed by atoms with van der Waals surface area (Å²) >= 11 is 0. The Hall–Kier alpha value is -0.460. The number of hydrogen-bond donors (Lipinski definition) is 3. The van der Waals surface area contributed by atoms with Crippen molar-refractivity contribution < 1.29 is 24.8 Å².